The van der Waals surface area contributed by atoms with Crippen LogP contribution in [-0.4, -0.2) is 43.2 Å². The lowest BCUT2D eigenvalue weighted by Gasteiger charge is -2.02. The second-order valence-electron chi connectivity index (χ2n) is 3.08. The second kappa shape index (κ2) is 5.82. The van der Waals surface area contributed by atoms with Crippen molar-refractivity contribution >= 4 is 9.84 Å². The smallest absolute Gasteiger partial charge is 0.213 e. The topological polar surface area (TPSA) is 85.1 Å². The summed E-state index contributed by atoms with van der Waals surface area (Å²) in [5.74, 6) is 0.996. The van der Waals surface area contributed by atoms with Gasteiger partial charge in [0, 0.05) is 25.3 Å². The van der Waals surface area contributed by atoms with E-state index in [1.165, 1.54) is 6.39 Å². The fraction of sp³-hybridized carbons (Fsp3) is 0.750. The zero-order valence-corrected chi connectivity index (χ0v) is 9.46. The highest BCUT2D eigenvalue weighted by Crippen LogP contribution is 1.89. The standard InChI is InChI=1S/C8H15N3O3S/c1-2-15(12,13)6-5-9-4-3-8-10-7-14-11-8/h7,9H,2-6H2,1H3. The molecule has 1 rings (SSSR count). The van der Waals surface area contributed by atoms with Gasteiger partial charge in [-0.2, -0.15) is 4.98 Å². The zero-order valence-electron chi connectivity index (χ0n) is 8.64. The molecular formula is C8H15N3O3S. The summed E-state index contributed by atoms with van der Waals surface area (Å²) in [6, 6.07) is 0. The van der Waals surface area contributed by atoms with E-state index in [0.29, 0.717) is 25.3 Å². The number of hydrogen-bond acceptors (Lipinski definition) is 6. The van der Waals surface area contributed by atoms with E-state index >= 15 is 0 Å². The molecule has 0 aliphatic heterocycles. The molecule has 0 saturated heterocycles. The molecule has 7 heteroatoms. The first-order valence-corrected chi connectivity index (χ1v) is 6.62. The van der Waals surface area contributed by atoms with Gasteiger partial charge in [0.2, 0.25) is 6.39 Å². The third-order valence-corrected chi connectivity index (χ3v) is 3.67. The van der Waals surface area contributed by atoms with Crippen LogP contribution in [0, 0.1) is 0 Å². The molecule has 0 spiro atoms. The monoisotopic (exact) mass is 233 g/mol. The van der Waals surface area contributed by atoms with Gasteiger partial charge in [-0.1, -0.05) is 12.1 Å². The number of hydrogen-bond donors (Lipinski definition) is 1. The highest BCUT2D eigenvalue weighted by Gasteiger charge is 2.05. The van der Waals surface area contributed by atoms with Crippen LogP contribution in [0.25, 0.3) is 0 Å². The van der Waals surface area contributed by atoms with E-state index in [-0.39, 0.29) is 11.5 Å². The Morgan fingerprint density at radius 3 is 2.87 bits per heavy atom. The molecule has 0 aliphatic carbocycles. The maximum atomic E-state index is 11.1. The minimum Gasteiger partial charge on any atom is -0.343 e. The van der Waals surface area contributed by atoms with E-state index in [4.69, 9.17) is 0 Å². The Morgan fingerprint density at radius 2 is 2.27 bits per heavy atom. The molecule has 0 bridgehead atoms. The van der Waals surface area contributed by atoms with Crippen molar-refractivity contribution in [3.8, 4) is 0 Å². The Bertz CT molecular complexity index is 360. The number of nitrogens with zero attached hydrogens (tertiary/aromatic N) is 2. The summed E-state index contributed by atoms with van der Waals surface area (Å²) in [7, 11) is -2.87. The SMILES string of the molecule is CCS(=O)(=O)CCNCCc1ncon1. The number of nitrogens with one attached hydrogen (secondary N) is 1. The van der Waals surface area contributed by atoms with Crippen LogP contribution >= 0.6 is 0 Å². The largest absolute Gasteiger partial charge is 0.343 e. The molecule has 1 N–H and O–H groups in total. The normalized spacial score (nSPS) is 11.8. The predicted octanol–water partition coefficient (Wildman–Crippen LogP) is -0.364. The Labute approximate surface area is 89.0 Å². The average molecular weight is 233 g/mol. The number of aromatic nitrogens is 2. The van der Waals surface area contributed by atoms with Gasteiger partial charge < -0.3 is 9.84 Å². The first-order valence-electron chi connectivity index (χ1n) is 4.80. The third kappa shape index (κ3) is 4.89. The van der Waals surface area contributed by atoms with Crippen LogP contribution in [0.5, 0.6) is 0 Å². The van der Waals surface area contributed by atoms with Gasteiger partial charge in [-0.25, -0.2) is 8.42 Å². The van der Waals surface area contributed by atoms with E-state index in [1.54, 1.807) is 6.92 Å². The molecule has 0 aliphatic rings. The number of rotatable bonds is 7. The van der Waals surface area contributed by atoms with E-state index in [1.807, 2.05) is 0 Å². The molecule has 0 unspecified atom stereocenters. The van der Waals surface area contributed by atoms with Crippen molar-refractivity contribution in [3.05, 3.63) is 12.2 Å². The quantitative estimate of drug-likeness (QED) is 0.647. The summed E-state index contributed by atoms with van der Waals surface area (Å²) in [4.78, 5) is 3.84. The van der Waals surface area contributed by atoms with E-state index in [0.717, 1.165) is 0 Å². The fourth-order valence-electron chi connectivity index (χ4n) is 1.000. The summed E-state index contributed by atoms with van der Waals surface area (Å²) in [6.07, 6.45) is 1.92. The van der Waals surface area contributed by atoms with Crippen molar-refractivity contribution in [1.82, 2.24) is 15.5 Å². The lowest BCUT2D eigenvalue weighted by atomic mass is 10.4. The van der Waals surface area contributed by atoms with Gasteiger partial charge in [-0.15, -0.1) is 0 Å². The van der Waals surface area contributed by atoms with E-state index in [9.17, 15) is 8.42 Å². The lowest BCUT2D eigenvalue weighted by molar-refractivity contribution is 0.409. The van der Waals surface area contributed by atoms with Gasteiger partial charge in [0.15, 0.2) is 15.7 Å². The van der Waals surface area contributed by atoms with Crippen LogP contribution < -0.4 is 5.32 Å². The van der Waals surface area contributed by atoms with E-state index in [2.05, 4.69) is 20.0 Å². The average Bonchev–Trinajstić information content (AvgIpc) is 2.70. The van der Waals surface area contributed by atoms with Crippen molar-refractivity contribution in [2.75, 3.05) is 24.6 Å². The maximum Gasteiger partial charge on any atom is 0.213 e. The number of sulfone groups is 1. The molecule has 15 heavy (non-hydrogen) atoms. The Balaban J connectivity index is 2.08. The molecule has 0 fully saturated rings. The Hall–Kier alpha value is -0.950. The Kier molecular flexibility index (Phi) is 4.70. The Morgan fingerprint density at radius 1 is 1.47 bits per heavy atom. The molecule has 0 saturated carbocycles. The van der Waals surface area contributed by atoms with Crippen LogP contribution in [0.4, 0.5) is 0 Å². The first kappa shape index (κ1) is 12.1. The van der Waals surface area contributed by atoms with Gasteiger partial charge >= 0.3 is 0 Å². The van der Waals surface area contributed by atoms with Crippen molar-refractivity contribution in [2.45, 2.75) is 13.3 Å². The van der Waals surface area contributed by atoms with Gasteiger partial charge in [0.05, 0.1) is 5.75 Å². The van der Waals surface area contributed by atoms with Crippen molar-refractivity contribution < 1.29 is 12.9 Å². The van der Waals surface area contributed by atoms with E-state index < -0.39 is 9.84 Å². The summed E-state index contributed by atoms with van der Waals surface area (Å²) in [5, 5.41) is 6.65. The van der Waals surface area contributed by atoms with Crippen molar-refractivity contribution in [1.29, 1.82) is 0 Å². The molecular weight excluding hydrogens is 218 g/mol. The van der Waals surface area contributed by atoms with Crippen LogP contribution in [0.2, 0.25) is 0 Å². The van der Waals surface area contributed by atoms with Crippen LogP contribution in [0.1, 0.15) is 12.7 Å². The summed E-state index contributed by atoms with van der Waals surface area (Å²) >= 11 is 0. The maximum absolute atomic E-state index is 11.1. The molecule has 1 heterocycles. The predicted molar refractivity (Wildman–Crippen MR) is 55.2 cm³/mol. The molecule has 86 valence electrons. The summed E-state index contributed by atoms with van der Waals surface area (Å²) < 4.78 is 26.8. The van der Waals surface area contributed by atoms with Gasteiger partial charge in [-0.05, 0) is 0 Å². The van der Waals surface area contributed by atoms with Crippen LogP contribution in [0.15, 0.2) is 10.9 Å². The molecule has 0 amide bonds. The molecule has 1 aromatic heterocycles. The van der Waals surface area contributed by atoms with Crippen molar-refractivity contribution in [2.24, 2.45) is 0 Å². The molecule has 0 radical (unpaired) electrons. The third-order valence-electron chi connectivity index (χ3n) is 1.96. The van der Waals surface area contributed by atoms with Crippen LogP contribution in [0.3, 0.4) is 0 Å². The molecule has 0 aromatic carbocycles. The highest BCUT2D eigenvalue weighted by molar-refractivity contribution is 7.91. The molecule has 0 atom stereocenters. The van der Waals surface area contributed by atoms with Gasteiger partial charge in [-0.3, -0.25) is 0 Å². The minimum atomic E-state index is -2.87. The first-order chi connectivity index (χ1) is 7.14. The summed E-state index contributed by atoms with van der Waals surface area (Å²) in [6.45, 7) is 2.77. The minimum absolute atomic E-state index is 0.176. The second-order valence-corrected chi connectivity index (χ2v) is 5.56. The van der Waals surface area contributed by atoms with Crippen LogP contribution in [-0.2, 0) is 16.3 Å². The highest BCUT2D eigenvalue weighted by atomic mass is 32.2. The fourth-order valence-corrected chi connectivity index (χ4v) is 1.74. The molecule has 1 aromatic rings. The van der Waals surface area contributed by atoms with Crippen molar-refractivity contribution in [3.63, 3.8) is 0 Å². The summed E-state index contributed by atoms with van der Waals surface area (Å²) in [5.41, 5.74) is 0. The van der Waals surface area contributed by atoms with Gasteiger partial charge in [0.1, 0.15) is 0 Å². The molecule has 6 nitrogen and oxygen atoms in total. The van der Waals surface area contributed by atoms with Gasteiger partial charge in [0.25, 0.3) is 0 Å². The zero-order chi connectivity index (χ0) is 11.1. The lowest BCUT2D eigenvalue weighted by Crippen LogP contribution is -2.25.